The Kier molecular flexibility index (Phi) is 4.80. The summed E-state index contributed by atoms with van der Waals surface area (Å²) in [7, 11) is 0. The van der Waals surface area contributed by atoms with Crippen LogP contribution in [0.25, 0.3) is 46.4 Å². The molecular formula is C23H20AlN4. The lowest BCUT2D eigenvalue weighted by Crippen LogP contribution is -1.81. The summed E-state index contributed by atoms with van der Waals surface area (Å²) in [4.78, 5) is 16.4. The molecule has 3 aromatic heterocycles. The van der Waals surface area contributed by atoms with Crippen LogP contribution in [0.5, 0.6) is 0 Å². The highest BCUT2D eigenvalue weighted by Gasteiger charge is 2.08. The highest BCUT2D eigenvalue weighted by atomic mass is 27.0. The number of nitrogens with zero attached hydrogens (tertiary/aromatic N) is 2. The average molecular weight is 379 g/mol. The number of hydrogen-bond acceptors (Lipinski definition) is 2. The predicted octanol–water partition coefficient (Wildman–Crippen LogP) is 5.15. The molecule has 5 heteroatoms. The molecule has 0 unspecified atom stereocenters. The third-order valence-corrected chi connectivity index (χ3v) is 5.09. The Labute approximate surface area is 174 Å². The fourth-order valence-corrected chi connectivity index (χ4v) is 3.72. The molecule has 0 atom stereocenters. The highest BCUT2D eigenvalue weighted by molar-refractivity contribution is 5.79. The first kappa shape index (κ1) is 18.5. The molecule has 5 rings (SSSR count). The maximum atomic E-state index is 4.74. The topological polar surface area (TPSA) is 57.4 Å². The van der Waals surface area contributed by atoms with Crippen LogP contribution in [0.15, 0.2) is 36.4 Å². The summed E-state index contributed by atoms with van der Waals surface area (Å²) >= 11 is 0. The molecule has 4 nitrogen and oxygen atoms in total. The third kappa shape index (κ3) is 3.35. The molecule has 135 valence electrons. The predicted molar refractivity (Wildman–Crippen MR) is 119 cm³/mol. The summed E-state index contributed by atoms with van der Waals surface area (Å²) in [6.07, 6.45) is 9.18. The van der Waals surface area contributed by atoms with Gasteiger partial charge >= 0.3 is 0 Å². The second-order valence-corrected chi connectivity index (χ2v) is 6.95. The zero-order valence-corrected chi connectivity index (χ0v) is 17.1. The number of rotatable bonds is 1. The summed E-state index contributed by atoms with van der Waals surface area (Å²) in [6.45, 7) is 4.36. The van der Waals surface area contributed by atoms with Crippen LogP contribution in [0.4, 0.5) is 0 Å². The Bertz CT molecular complexity index is 1270. The molecule has 28 heavy (non-hydrogen) atoms. The van der Waals surface area contributed by atoms with Gasteiger partial charge in [-0.05, 0) is 85.2 Å². The fraction of sp³-hybridized carbons (Fsp3) is 0.130. The molecule has 5 heterocycles. The van der Waals surface area contributed by atoms with Gasteiger partial charge in [-0.3, -0.25) is 0 Å². The van der Waals surface area contributed by atoms with Crippen molar-refractivity contribution in [3.63, 3.8) is 0 Å². The number of aryl methyl sites for hydroxylation is 2. The molecule has 8 bridgehead atoms. The van der Waals surface area contributed by atoms with Gasteiger partial charge in [-0.25, -0.2) is 9.97 Å². The Morgan fingerprint density at radius 1 is 0.714 bits per heavy atom. The molecule has 0 saturated carbocycles. The van der Waals surface area contributed by atoms with E-state index in [0.29, 0.717) is 0 Å². The van der Waals surface area contributed by atoms with Gasteiger partial charge in [-0.15, -0.1) is 0 Å². The lowest BCUT2D eigenvalue weighted by Gasteiger charge is -1.94. The Morgan fingerprint density at radius 3 is 1.75 bits per heavy atom. The van der Waals surface area contributed by atoms with Crippen molar-refractivity contribution < 1.29 is 0 Å². The summed E-state index contributed by atoms with van der Waals surface area (Å²) < 4.78 is 0. The van der Waals surface area contributed by atoms with E-state index in [-0.39, 0.29) is 17.4 Å². The molecule has 3 radical (unpaired) electrons. The van der Waals surface area contributed by atoms with Crippen LogP contribution < -0.4 is 0 Å². The van der Waals surface area contributed by atoms with E-state index in [2.05, 4.69) is 72.4 Å². The number of hydrogen-bond donors (Lipinski definition) is 2. The molecule has 2 N–H and O–H groups in total. The van der Waals surface area contributed by atoms with E-state index in [0.717, 1.165) is 51.3 Å². The summed E-state index contributed by atoms with van der Waals surface area (Å²) in [6, 6.07) is 12.5. The van der Waals surface area contributed by atoms with Crippen molar-refractivity contribution in [2.75, 3.05) is 0 Å². The van der Waals surface area contributed by atoms with Gasteiger partial charge in [0.15, 0.2) is 0 Å². The van der Waals surface area contributed by atoms with Crippen molar-refractivity contribution in [1.82, 2.24) is 19.9 Å². The minimum atomic E-state index is 0. The van der Waals surface area contributed by atoms with E-state index in [1.165, 1.54) is 11.1 Å². The minimum absolute atomic E-state index is 0. The van der Waals surface area contributed by atoms with Crippen LogP contribution in [-0.2, 0) is 6.42 Å². The van der Waals surface area contributed by atoms with E-state index in [1.54, 1.807) is 0 Å². The van der Waals surface area contributed by atoms with Crippen molar-refractivity contribution in [2.24, 2.45) is 0 Å². The number of H-pyrrole nitrogens is 2. The second kappa shape index (κ2) is 7.27. The third-order valence-electron chi connectivity index (χ3n) is 5.09. The molecule has 0 saturated heterocycles. The van der Waals surface area contributed by atoms with Crippen molar-refractivity contribution in [3.8, 4) is 0 Å². The Morgan fingerprint density at radius 2 is 1.21 bits per heavy atom. The van der Waals surface area contributed by atoms with E-state index in [4.69, 9.17) is 9.97 Å². The van der Waals surface area contributed by atoms with Crippen LogP contribution in [0.3, 0.4) is 0 Å². The monoisotopic (exact) mass is 379 g/mol. The Hall–Kier alpha value is -2.87. The van der Waals surface area contributed by atoms with Gasteiger partial charge in [0.1, 0.15) is 0 Å². The second-order valence-electron chi connectivity index (χ2n) is 6.95. The molecule has 3 aromatic rings. The summed E-state index contributed by atoms with van der Waals surface area (Å²) in [5.74, 6) is 0. The van der Waals surface area contributed by atoms with Crippen LogP contribution in [0, 0.1) is 6.92 Å². The molecular weight excluding hydrogens is 359 g/mol. The molecule has 0 aliphatic carbocycles. The molecule has 0 fully saturated rings. The van der Waals surface area contributed by atoms with Gasteiger partial charge in [0.2, 0.25) is 0 Å². The molecule has 0 spiro atoms. The van der Waals surface area contributed by atoms with Gasteiger partial charge in [0, 0.05) is 39.4 Å². The zero-order chi connectivity index (χ0) is 18.4. The van der Waals surface area contributed by atoms with E-state index in [9.17, 15) is 0 Å². The maximum Gasteiger partial charge on any atom is 0.0658 e. The first-order valence-corrected chi connectivity index (χ1v) is 9.25. The zero-order valence-electron chi connectivity index (χ0n) is 16.0. The van der Waals surface area contributed by atoms with Crippen LogP contribution >= 0.6 is 0 Å². The quantitative estimate of drug-likeness (QED) is 0.396. The van der Waals surface area contributed by atoms with Gasteiger partial charge < -0.3 is 9.97 Å². The fourth-order valence-electron chi connectivity index (χ4n) is 3.72. The van der Waals surface area contributed by atoms with Crippen LogP contribution in [-0.4, -0.2) is 37.3 Å². The van der Waals surface area contributed by atoms with E-state index >= 15 is 0 Å². The van der Waals surface area contributed by atoms with E-state index in [1.807, 2.05) is 12.2 Å². The van der Waals surface area contributed by atoms with Crippen molar-refractivity contribution >= 4 is 63.7 Å². The first-order valence-electron chi connectivity index (χ1n) is 9.25. The standard InChI is InChI=1S/C23H20N4.Al/c1-3-21-14(2)22-12-19-8-6-17(25-19)10-15-4-5-16(24-15)11-18-7-9-20(26-18)13-23(21)27-22;/h4-13,24,27H,3H2,1-2H3;. The largest absolute Gasteiger partial charge is 0.355 e. The molecule has 2 aliphatic rings. The summed E-state index contributed by atoms with van der Waals surface area (Å²) in [5, 5.41) is 0. The van der Waals surface area contributed by atoms with Gasteiger partial charge in [-0.1, -0.05) is 6.92 Å². The number of fused-ring (bicyclic) bond motifs is 8. The maximum absolute atomic E-state index is 4.74. The smallest absolute Gasteiger partial charge is 0.0658 e. The van der Waals surface area contributed by atoms with Crippen LogP contribution in [0.1, 0.15) is 40.8 Å². The van der Waals surface area contributed by atoms with E-state index < -0.39 is 0 Å². The van der Waals surface area contributed by atoms with Gasteiger partial charge in [0.25, 0.3) is 0 Å². The number of aromatic nitrogens is 4. The highest BCUT2D eigenvalue weighted by Crippen LogP contribution is 2.23. The summed E-state index contributed by atoms with van der Waals surface area (Å²) in [5.41, 5.74) is 10.7. The normalized spacial score (nSPS) is 12.2. The van der Waals surface area contributed by atoms with Crippen molar-refractivity contribution in [2.45, 2.75) is 20.3 Å². The molecule has 2 aliphatic heterocycles. The van der Waals surface area contributed by atoms with Crippen LogP contribution in [0.2, 0.25) is 0 Å². The van der Waals surface area contributed by atoms with Crippen molar-refractivity contribution in [3.05, 3.63) is 70.3 Å². The molecule has 0 amide bonds. The van der Waals surface area contributed by atoms with Crippen molar-refractivity contribution in [1.29, 1.82) is 0 Å². The van der Waals surface area contributed by atoms with Gasteiger partial charge in [-0.2, -0.15) is 0 Å². The lowest BCUT2D eigenvalue weighted by molar-refractivity contribution is 1.14. The minimum Gasteiger partial charge on any atom is -0.355 e. The Balaban J connectivity index is 0.00000192. The first-order chi connectivity index (χ1) is 13.2. The average Bonchev–Trinajstić information content (AvgIpc) is 3.41. The lowest BCUT2D eigenvalue weighted by atomic mass is 10.1. The van der Waals surface area contributed by atoms with Gasteiger partial charge in [0.05, 0.1) is 22.8 Å². The SMILES string of the molecule is CCc1c(C)c2cc3nc(cc4ccc(cc5nc(cc1[nH]2)C=C5)[nH]4)C=C3.[Al]. The number of aromatic amines is 2. The number of nitrogens with one attached hydrogen (secondary N) is 2. The molecule has 0 aromatic carbocycles.